The minimum Gasteiger partial charge on any atom is -0.480 e. The second-order valence-corrected chi connectivity index (χ2v) is 6.07. The van der Waals surface area contributed by atoms with Crippen molar-refractivity contribution < 1.29 is 19.8 Å². The van der Waals surface area contributed by atoms with Gasteiger partial charge in [-0.05, 0) is 18.6 Å². The van der Waals surface area contributed by atoms with Crippen LogP contribution in [0.4, 0.5) is 4.79 Å². The maximum atomic E-state index is 11.8. The average Bonchev–Trinajstić information content (AvgIpc) is 2.76. The molecule has 0 aliphatic heterocycles. The summed E-state index contributed by atoms with van der Waals surface area (Å²) in [7, 11) is 0. The Labute approximate surface area is 117 Å². The van der Waals surface area contributed by atoms with Gasteiger partial charge in [-0.15, -0.1) is 0 Å². The lowest BCUT2D eigenvalue weighted by atomic mass is 10.2. The third-order valence-electron chi connectivity index (χ3n) is 3.17. The number of carboxylic acids is 1. The largest absolute Gasteiger partial charge is 0.480 e. The molecule has 2 unspecified atom stereocenters. The second-order valence-electron chi connectivity index (χ2n) is 4.55. The molecule has 0 aromatic rings. The Bertz CT molecular complexity index is 314. The molecule has 3 atom stereocenters. The zero-order valence-electron chi connectivity index (χ0n) is 11.1. The molecule has 1 rings (SSSR count). The van der Waals surface area contributed by atoms with Gasteiger partial charge in [0.25, 0.3) is 0 Å². The molecule has 1 aliphatic rings. The summed E-state index contributed by atoms with van der Waals surface area (Å²) >= 11 is 1.83. The normalized spacial score (nSPS) is 23.9. The molecule has 1 fully saturated rings. The summed E-state index contributed by atoms with van der Waals surface area (Å²) in [4.78, 5) is 22.6. The molecule has 0 saturated heterocycles. The van der Waals surface area contributed by atoms with Gasteiger partial charge in [-0.1, -0.05) is 13.3 Å². The molecule has 0 bridgehead atoms. The lowest BCUT2D eigenvalue weighted by Gasteiger charge is -2.22. The number of aliphatic carboxylic acids is 1. The summed E-state index contributed by atoms with van der Waals surface area (Å²) in [5.74, 6) is -0.123. The Morgan fingerprint density at radius 2 is 2.16 bits per heavy atom. The Kier molecular flexibility index (Phi) is 7.01. The van der Waals surface area contributed by atoms with Gasteiger partial charge in [0.15, 0.2) is 0 Å². The van der Waals surface area contributed by atoms with Gasteiger partial charge in [-0.2, -0.15) is 11.8 Å². The van der Waals surface area contributed by atoms with Crippen molar-refractivity contribution in [3.05, 3.63) is 0 Å². The fraction of sp³-hybridized carbons (Fsp3) is 0.833. The molecule has 2 amide bonds. The maximum Gasteiger partial charge on any atom is 0.326 e. The van der Waals surface area contributed by atoms with Crippen LogP contribution >= 0.6 is 11.8 Å². The average molecular weight is 290 g/mol. The number of aliphatic hydroxyl groups is 1. The van der Waals surface area contributed by atoms with Crippen molar-refractivity contribution in [1.82, 2.24) is 10.6 Å². The third kappa shape index (κ3) is 5.28. The standard InChI is InChI=1S/C12H22N2O4S/c1-2-19-10-5-3-4-8(10)13-12(18)14-9(6-7-15)11(16)17/h8-10,15H,2-7H2,1H3,(H,16,17)(H2,13,14,18)/t8?,9-,10?/m1/s1. The molecule has 0 heterocycles. The first-order valence-electron chi connectivity index (χ1n) is 6.60. The SMILES string of the molecule is CCSC1CCCC1NC(=O)N[C@H](CCO)C(=O)O. The van der Waals surface area contributed by atoms with Crippen LogP contribution < -0.4 is 10.6 Å². The Balaban J connectivity index is 2.43. The van der Waals surface area contributed by atoms with Gasteiger partial charge in [-0.3, -0.25) is 0 Å². The van der Waals surface area contributed by atoms with Gasteiger partial charge < -0.3 is 20.8 Å². The van der Waals surface area contributed by atoms with Crippen LogP contribution in [0.5, 0.6) is 0 Å². The first-order valence-corrected chi connectivity index (χ1v) is 7.65. The van der Waals surface area contributed by atoms with E-state index in [1.54, 1.807) is 0 Å². The summed E-state index contributed by atoms with van der Waals surface area (Å²) in [6.45, 7) is 1.82. The number of carbonyl (C=O) groups excluding carboxylic acids is 1. The van der Waals surface area contributed by atoms with E-state index < -0.39 is 18.0 Å². The highest BCUT2D eigenvalue weighted by atomic mass is 32.2. The van der Waals surface area contributed by atoms with Gasteiger partial charge in [0, 0.05) is 24.3 Å². The molecule has 0 radical (unpaired) electrons. The first-order chi connectivity index (χ1) is 9.08. The van der Waals surface area contributed by atoms with Crippen molar-refractivity contribution in [1.29, 1.82) is 0 Å². The predicted molar refractivity (Wildman–Crippen MR) is 74.4 cm³/mol. The fourth-order valence-corrected chi connectivity index (χ4v) is 3.46. The zero-order valence-corrected chi connectivity index (χ0v) is 11.9. The van der Waals surface area contributed by atoms with Gasteiger partial charge in [-0.25, -0.2) is 9.59 Å². The summed E-state index contributed by atoms with van der Waals surface area (Å²) in [5, 5.41) is 23.3. The van der Waals surface area contributed by atoms with E-state index in [2.05, 4.69) is 17.6 Å². The quantitative estimate of drug-likeness (QED) is 0.556. The van der Waals surface area contributed by atoms with E-state index >= 15 is 0 Å². The van der Waals surface area contributed by atoms with E-state index in [-0.39, 0.29) is 19.1 Å². The van der Waals surface area contributed by atoms with Gasteiger partial charge in [0.2, 0.25) is 0 Å². The van der Waals surface area contributed by atoms with Gasteiger partial charge in [0.05, 0.1) is 0 Å². The van der Waals surface area contributed by atoms with Crippen LogP contribution in [0.1, 0.15) is 32.6 Å². The van der Waals surface area contributed by atoms with E-state index in [1.807, 2.05) is 11.8 Å². The smallest absolute Gasteiger partial charge is 0.326 e. The van der Waals surface area contributed by atoms with Gasteiger partial charge in [0.1, 0.15) is 6.04 Å². The molecule has 19 heavy (non-hydrogen) atoms. The van der Waals surface area contributed by atoms with Crippen molar-refractivity contribution in [3.8, 4) is 0 Å². The highest BCUT2D eigenvalue weighted by molar-refractivity contribution is 7.99. The molecular weight excluding hydrogens is 268 g/mol. The van der Waals surface area contributed by atoms with E-state index in [1.165, 1.54) is 0 Å². The predicted octanol–water partition coefficient (Wildman–Crippen LogP) is 0.795. The molecule has 1 aliphatic carbocycles. The minimum atomic E-state index is -1.13. The third-order valence-corrected chi connectivity index (χ3v) is 4.50. The number of carboxylic acid groups (broad SMARTS) is 1. The fourth-order valence-electron chi connectivity index (χ4n) is 2.26. The second kappa shape index (κ2) is 8.27. The van der Waals surface area contributed by atoms with Crippen molar-refractivity contribution in [2.45, 2.75) is 49.9 Å². The van der Waals surface area contributed by atoms with Crippen LogP contribution in [0.25, 0.3) is 0 Å². The van der Waals surface area contributed by atoms with Crippen molar-refractivity contribution in [2.24, 2.45) is 0 Å². The van der Waals surface area contributed by atoms with E-state index in [0.717, 1.165) is 25.0 Å². The monoisotopic (exact) mass is 290 g/mol. The number of thioether (sulfide) groups is 1. The number of amides is 2. The molecule has 4 N–H and O–H groups in total. The van der Waals surface area contributed by atoms with Crippen molar-refractivity contribution in [3.63, 3.8) is 0 Å². The van der Waals surface area contributed by atoms with Crippen LogP contribution in [0, 0.1) is 0 Å². The minimum absolute atomic E-state index is 0.0144. The molecule has 0 aromatic heterocycles. The number of nitrogens with one attached hydrogen (secondary N) is 2. The summed E-state index contributed by atoms with van der Waals surface area (Å²) in [5.41, 5.74) is 0. The number of carbonyl (C=O) groups is 2. The van der Waals surface area contributed by atoms with E-state index in [0.29, 0.717) is 5.25 Å². The molecule has 110 valence electrons. The van der Waals surface area contributed by atoms with Crippen LogP contribution in [-0.4, -0.2) is 51.9 Å². The highest BCUT2D eigenvalue weighted by Crippen LogP contribution is 2.29. The number of urea groups is 1. The number of rotatable bonds is 7. The van der Waals surface area contributed by atoms with Crippen molar-refractivity contribution in [2.75, 3.05) is 12.4 Å². The number of aliphatic hydroxyl groups excluding tert-OH is 1. The molecule has 0 spiro atoms. The lowest BCUT2D eigenvalue weighted by Crippen LogP contribution is -2.50. The molecule has 0 aromatic carbocycles. The number of hydrogen-bond acceptors (Lipinski definition) is 4. The molecule has 7 heteroatoms. The summed E-state index contributed by atoms with van der Waals surface area (Å²) in [6, 6.07) is -1.40. The zero-order chi connectivity index (χ0) is 14.3. The van der Waals surface area contributed by atoms with E-state index in [9.17, 15) is 9.59 Å². The number of hydrogen-bond donors (Lipinski definition) is 4. The summed E-state index contributed by atoms with van der Waals surface area (Å²) < 4.78 is 0. The van der Waals surface area contributed by atoms with Crippen LogP contribution in [0.2, 0.25) is 0 Å². The van der Waals surface area contributed by atoms with Crippen LogP contribution in [0.3, 0.4) is 0 Å². The van der Waals surface area contributed by atoms with Gasteiger partial charge >= 0.3 is 12.0 Å². The summed E-state index contributed by atoms with van der Waals surface area (Å²) in [6.07, 6.45) is 3.12. The topological polar surface area (TPSA) is 98.7 Å². The molecule has 6 nitrogen and oxygen atoms in total. The molecular formula is C12H22N2O4S. The van der Waals surface area contributed by atoms with Crippen molar-refractivity contribution >= 4 is 23.8 Å². The Hall–Kier alpha value is -0.950. The highest BCUT2D eigenvalue weighted by Gasteiger charge is 2.29. The van der Waals surface area contributed by atoms with Crippen LogP contribution in [-0.2, 0) is 4.79 Å². The Morgan fingerprint density at radius 1 is 1.42 bits per heavy atom. The molecule has 1 saturated carbocycles. The lowest BCUT2D eigenvalue weighted by molar-refractivity contribution is -0.139. The van der Waals surface area contributed by atoms with Crippen LogP contribution in [0.15, 0.2) is 0 Å². The Morgan fingerprint density at radius 3 is 2.74 bits per heavy atom. The first kappa shape index (κ1) is 16.1. The maximum absolute atomic E-state index is 11.8. The van der Waals surface area contributed by atoms with E-state index in [4.69, 9.17) is 10.2 Å².